The van der Waals surface area contributed by atoms with E-state index in [9.17, 15) is 22.8 Å². The molecule has 2 aromatic rings. The van der Waals surface area contributed by atoms with Crippen LogP contribution in [0.1, 0.15) is 5.56 Å². The Morgan fingerprint density at radius 3 is 2.33 bits per heavy atom. The average Bonchev–Trinajstić information content (AvgIpc) is 2.59. The lowest BCUT2D eigenvalue weighted by Crippen LogP contribution is -2.23. The van der Waals surface area contributed by atoms with Gasteiger partial charge in [0, 0.05) is 5.69 Å². The smallest absolute Gasteiger partial charge is 0.482 e. The molecule has 144 valence electrons. The molecule has 0 heterocycles. The molecule has 1 amide bonds. The molecule has 6 nitrogen and oxygen atoms in total. The largest absolute Gasteiger partial charge is 0.573 e. The first-order valence-electron chi connectivity index (χ1n) is 7.72. The Hall–Kier alpha value is -3.23. The fourth-order valence-electron chi connectivity index (χ4n) is 1.97. The van der Waals surface area contributed by atoms with Crippen LogP contribution in [0.2, 0.25) is 0 Å². The number of nitrogens with one attached hydrogen (secondary N) is 1. The molecule has 2 rings (SSSR count). The van der Waals surface area contributed by atoms with Crippen molar-refractivity contribution in [1.82, 2.24) is 0 Å². The molecule has 0 aliphatic carbocycles. The number of amides is 1. The van der Waals surface area contributed by atoms with Crippen molar-refractivity contribution in [3.8, 4) is 11.5 Å². The third kappa shape index (κ3) is 7.68. The maximum atomic E-state index is 12.1. The first-order valence-corrected chi connectivity index (χ1v) is 7.72. The molecule has 0 spiro atoms. The van der Waals surface area contributed by atoms with Crippen LogP contribution in [0.3, 0.4) is 0 Å². The van der Waals surface area contributed by atoms with Gasteiger partial charge in [0.25, 0.3) is 5.91 Å². The molecule has 0 fully saturated rings. The van der Waals surface area contributed by atoms with E-state index in [1.807, 2.05) is 13.0 Å². The summed E-state index contributed by atoms with van der Waals surface area (Å²) in [6.45, 7) is 0.953. The summed E-state index contributed by atoms with van der Waals surface area (Å²) in [6, 6.07) is 11.6. The minimum Gasteiger partial charge on any atom is -0.482 e. The van der Waals surface area contributed by atoms with Crippen LogP contribution in [-0.2, 0) is 14.3 Å². The summed E-state index contributed by atoms with van der Waals surface area (Å²) >= 11 is 0. The van der Waals surface area contributed by atoms with Gasteiger partial charge in [-0.15, -0.1) is 13.2 Å². The van der Waals surface area contributed by atoms with Crippen LogP contribution in [-0.4, -0.2) is 31.5 Å². The van der Waals surface area contributed by atoms with Gasteiger partial charge in [-0.3, -0.25) is 4.79 Å². The van der Waals surface area contributed by atoms with Crippen molar-refractivity contribution in [2.75, 3.05) is 18.5 Å². The van der Waals surface area contributed by atoms with Crippen LogP contribution >= 0.6 is 0 Å². The van der Waals surface area contributed by atoms with E-state index >= 15 is 0 Å². The molecule has 0 aromatic heterocycles. The van der Waals surface area contributed by atoms with Crippen LogP contribution in [0.15, 0.2) is 48.5 Å². The second kappa shape index (κ2) is 8.93. The second-order valence-electron chi connectivity index (χ2n) is 5.39. The van der Waals surface area contributed by atoms with E-state index in [-0.39, 0.29) is 12.3 Å². The number of benzene rings is 2. The van der Waals surface area contributed by atoms with Gasteiger partial charge in [0.15, 0.2) is 13.2 Å². The molecular formula is C18H16F3NO5. The first kappa shape index (κ1) is 20.1. The van der Waals surface area contributed by atoms with Crippen LogP contribution < -0.4 is 14.8 Å². The van der Waals surface area contributed by atoms with E-state index in [1.54, 1.807) is 18.2 Å². The lowest BCUT2D eigenvalue weighted by Gasteiger charge is -2.10. The van der Waals surface area contributed by atoms with Gasteiger partial charge in [-0.1, -0.05) is 12.1 Å². The molecule has 0 bridgehead atoms. The number of aryl methyl sites for hydroxylation is 1. The fraction of sp³-hybridized carbons (Fsp3) is 0.222. The Morgan fingerprint density at radius 2 is 1.70 bits per heavy atom. The number of alkyl halides is 3. The minimum absolute atomic E-state index is 0.224. The van der Waals surface area contributed by atoms with Crippen LogP contribution in [0, 0.1) is 6.92 Å². The van der Waals surface area contributed by atoms with Crippen molar-refractivity contribution >= 4 is 17.6 Å². The first-order chi connectivity index (χ1) is 12.7. The number of halogens is 3. The maximum Gasteiger partial charge on any atom is 0.573 e. The molecule has 0 aliphatic heterocycles. The van der Waals surface area contributed by atoms with E-state index in [2.05, 4.69) is 10.1 Å². The second-order valence-corrected chi connectivity index (χ2v) is 5.39. The standard InChI is InChI=1S/C18H16F3NO5/c1-12-3-2-4-15(9-12)25-11-17(24)26-10-16(23)22-13-5-7-14(8-6-13)27-18(19,20)21/h2-9H,10-11H2,1H3,(H,22,23). The molecule has 0 saturated carbocycles. The monoisotopic (exact) mass is 383 g/mol. The number of hydrogen-bond donors (Lipinski definition) is 1. The molecule has 1 N–H and O–H groups in total. The van der Waals surface area contributed by atoms with Crippen molar-refractivity contribution in [3.63, 3.8) is 0 Å². The summed E-state index contributed by atoms with van der Waals surface area (Å²) in [4.78, 5) is 23.3. The Labute approximate surface area is 152 Å². The van der Waals surface area contributed by atoms with E-state index in [0.717, 1.165) is 17.7 Å². The molecule has 27 heavy (non-hydrogen) atoms. The molecule has 0 radical (unpaired) electrons. The fourth-order valence-corrected chi connectivity index (χ4v) is 1.97. The van der Waals surface area contributed by atoms with E-state index in [0.29, 0.717) is 5.75 Å². The van der Waals surface area contributed by atoms with Gasteiger partial charge in [0.05, 0.1) is 0 Å². The topological polar surface area (TPSA) is 73.9 Å². The van der Waals surface area contributed by atoms with E-state index in [1.165, 1.54) is 12.1 Å². The van der Waals surface area contributed by atoms with Gasteiger partial charge in [-0.05, 0) is 48.9 Å². The average molecular weight is 383 g/mol. The highest BCUT2D eigenvalue weighted by Gasteiger charge is 2.30. The number of esters is 1. The molecule has 9 heteroatoms. The molecule has 2 aromatic carbocycles. The number of carbonyl (C=O) groups is 2. The van der Waals surface area contributed by atoms with Crippen LogP contribution in [0.4, 0.5) is 18.9 Å². The highest BCUT2D eigenvalue weighted by molar-refractivity contribution is 5.92. The van der Waals surface area contributed by atoms with Gasteiger partial charge >= 0.3 is 12.3 Å². The zero-order valence-corrected chi connectivity index (χ0v) is 14.2. The number of hydrogen-bond acceptors (Lipinski definition) is 5. The molecule has 0 unspecified atom stereocenters. The van der Waals surface area contributed by atoms with Crippen molar-refractivity contribution in [1.29, 1.82) is 0 Å². The minimum atomic E-state index is -4.79. The summed E-state index contributed by atoms with van der Waals surface area (Å²) in [5, 5.41) is 2.37. The number of carbonyl (C=O) groups excluding carboxylic acids is 2. The normalized spacial score (nSPS) is 10.8. The Bertz CT molecular complexity index is 790. The maximum absolute atomic E-state index is 12.1. The summed E-state index contributed by atoms with van der Waals surface area (Å²) < 4.78 is 49.9. The van der Waals surface area contributed by atoms with Crippen molar-refractivity contribution < 1.29 is 37.0 Å². The lowest BCUT2D eigenvalue weighted by molar-refractivity contribution is -0.274. The Kier molecular flexibility index (Phi) is 6.64. The van der Waals surface area contributed by atoms with Gasteiger partial charge in [0.1, 0.15) is 11.5 Å². The SMILES string of the molecule is Cc1cccc(OCC(=O)OCC(=O)Nc2ccc(OC(F)(F)F)cc2)c1. The third-order valence-electron chi connectivity index (χ3n) is 3.08. The quantitative estimate of drug-likeness (QED) is 0.742. The number of rotatable bonds is 7. The van der Waals surface area contributed by atoms with Gasteiger partial charge in [0.2, 0.25) is 0 Å². The predicted molar refractivity (Wildman–Crippen MR) is 89.4 cm³/mol. The number of ether oxygens (including phenoxy) is 3. The third-order valence-corrected chi connectivity index (χ3v) is 3.08. The lowest BCUT2D eigenvalue weighted by atomic mass is 10.2. The molecule has 0 aliphatic rings. The molecular weight excluding hydrogens is 367 g/mol. The van der Waals surface area contributed by atoms with Crippen molar-refractivity contribution in [2.45, 2.75) is 13.3 Å². The van der Waals surface area contributed by atoms with E-state index in [4.69, 9.17) is 9.47 Å². The summed E-state index contributed by atoms with van der Waals surface area (Å²) in [6.07, 6.45) is -4.79. The summed E-state index contributed by atoms with van der Waals surface area (Å²) in [5.74, 6) is -1.30. The number of anilines is 1. The predicted octanol–water partition coefficient (Wildman–Crippen LogP) is 3.45. The highest BCUT2D eigenvalue weighted by atomic mass is 19.4. The van der Waals surface area contributed by atoms with Crippen molar-refractivity contribution in [2.24, 2.45) is 0 Å². The van der Waals surface area contributed by atoms with Gasteiger partial charge in [-0.2, -0.15) is 0 Å². The highest BCUT2D eigenvalue weighted by Crippen LogP contribution is 2.23. The summed E-state index contributed by atoms with van der Waals surface area (Å²) in [5.41, 5.74) is 1.19. The van der Waals surface area contributed by atoms with Gasteiger partial charge < -0.3 is 19.5 Å². The van der Waals surface area contributed by atoms with Crippen LogP contribution in [0.25, 0.3) is 0 Å². The molecule has 0 atom stereocenters. The van der Waals surface area contributed by atoms with Crippen molar-refractivity contribution in [3.05, 3.63) is 54.1 Å². The summed E-state index contributed by atoms with van der Waals surface area (Å²) in [7, 11) is 0. The van der Waals surface area contributed by atoms with Gasteiger partial charge in [-0.25, -0.2) is 4.79 Å². The van der Waals surface area contributed by atoms with E-state index < -0.39 is 30.6 Å². The van der Waals surface area contributed by atoms with Crippen LogP contribution in [0.5, 0.6) is 11.5 Å². The molecule has 0 saturated heterocycles. The Morgan fingerprint density at radius 1 is 1.00 bits per heavy atom. The zero-order valence-electron chi connectivity index (χ0n) is 14.2. The Balaban J connectivity index is 1.73. The zero-order chi connectivity index (χ0) is 19.9.